The molecule has 2 fully saturated rings. The molecule has 0 spiro atoms. The zero-order chi connectivity index (χ0) is 29.2. The first-order valence-electron chi connectivity index (χ1n) is 14.3. The van der Waals surface area contributed by atoms with Crippen molar-refractivity contribution < 1.29 is 38.8 Å². The monoisotopic (exact) mass is 557 g/mol. The number of fused-ring (bicyclic) bond motifs is 2. The van der Waals surface area contributed by atoms with Gasteiger partial charge in [0.2, 0.25) is 5.89 Å². The number of esters is 1. The molecule has 0 aliphatic carbocycles. The van der Waals surface area contributed by atoms with Crippen LogP contribution in [0, 0.1) is 17.3 Å². The van der Waals surface area contributed by atoms with Gasteiger partial charge in [0.1, 0.15) is 24.0 Å². The average Bonchev–Trinajstić information content (AvgIpc) is 3.35. The standard InChI is InChI=1S/C31H43NO8/c1-6-7-10-20-28(36)18(2)9-8-13-31(5)25(40-31)15-23(39-27(35)16-24(34)30(3,4)29(20)37)19-11-12-22-21(14-19)32-26(17-33)38-22/h6,11-12,14,18,20,23-25,28,33-34,36H,1,7-10,13,15-17H2,2-5H3/t18-,20?,23-,24-,25-,28?,31+/m0/s1. The van der Waals surface area contributed by atoms with Gasteiger partial charge in [0.15, 0.2) is 5.58 Å². The lowest BCUT2D eigenvalue weighted by molar-refractivity contribution is -0.156. The molecular weight excluding hydrogens is 514 g/mol. The molecule has 1 aromatic carbocycles. The molecule has 0 bridgehead atoms. The van der Waals surface area contributed by atoms with Crippen LogP contribution in [0.4, 0.5) is 0 Å². The fraction of sp³-hybridized carbons (Fsp3) is 0.645. The maximum Gasteiger partial charge on any atom is 0.309 e. The molecular formula is C31H43NO8. The van der Waals surface area contributed by atoms with E-state index in [1.54, 1.807) is 38.1 Å². The molecule has 2 aromatic rings. The number of carbonyl (C=O) groups excluding carboxylic acids is 2. The number of rotatable bonds is 5. The topological polar surface area (TPSA) is 143 Å². The van der Waals surface area contributed by atoms with Gasteiger partial charge in [0, 0.05) is 12.3 Å². The largest absolute Gasteiger partial charge is 0.457 e. The molecule has 0 saturated carbocycles. The third-order valence-electron chi connectivity index (χ3n) is 8.87. The summed E-state index contributed by atoms with van der Waals surface area (Å²) in [7, 11) is 0. The van der Waals surface area contributed by atoms with Gasteiger partial charge in [-0.3, -0.25) is 9.59 Å². The third-order valence-corrected chi connectivity index (χ3v) is 8.87. The second kappa shape index (κ2) is 12.1. The van der Waals surface area contributed by atoms with Crippen LogP contribution in [-0.2, 0) is 25.7 Å². The molecule has 2 aliphatic heterocycles. The van der Waals surface area contributed by atoms with Crippen molar-refractivity contribution in [3.8, 4) is 0 Å². The summed E-state index contributed by atoms with van der Waals surface area (Å²) < 4.78 is 17.5. The molecule has 40 heavy (non-hydrogen) atoms. The van der Waals surface area contributed by atoms with E-state index < -0.39 is 35.6 Å². The summed E-state index contributed by atoms with van der Waals surface area (Å²) in [6, 6.07) is 5.29. The molecule has 9 nitrogen and oxygen atoms in total. The van der Waals surface area contributed by atoms with E-state index in [-0.39, 0.29) is 42.3 Å². The molecule has 0 radical (unpaired) electrons. The molecule has 2 unspecified atom stereocenters. The molecule has 220 valence electrons. The van der Waals surface area contributed by atoms with Crippen molar-refractivity contribution in [1.29, 1.82) is 0 Å². The number of Topliss-reactive ketones (excluding diaryl/α,β-unsaturated/α-hetero) is 1. The molecule has 0 amide bonds. The molecule has 4 rings (SSSR count). The number of carbonyl (C=O) groups is 2. The van der Waals surface area contributed by atoms with Crippen LogP contribution in [0.1, 0.15) is 90.2 Å². The number of cyclic esters (lactones) is 1. The number of ketones is 1. The summed E-state index contributed by atoms with van der Waals surface area (Å²) in [5, 5.41) is 31.7. The third kappa shape index (κ3) is 6.48. The first-order valence-corrected chi connectivity index (χ1v) is 14.3. The average molecular weight is 558 g/mol. The lowest BCUT2D eigenvalue weighted by atomic mass is 9.71. The number of ether oxygens (including phenoxy) is 2. The number of allylic oxidation sites excluding steroid dienone is 1. The Hall–Kier alpha value is -2.59. The molecule has 1 aromatic heterocycles. The Morgan fingerprint density at radius 1 is 1.20 bits per heavy atom. The van der Waals surface area contributed by atoms with E-state index in [9.17, 15) is 24.9 Å². The Morgan fingerprint density at radius 2 is 1.95 bits per heavy atom. The lowest BCUT2D eigenvalue weighted by Crippen LogP contribution is -2.46. The fourth-order valence-electron chi connectivity index (χ4n) is 5.87. The van der Waals surface area contributed by atoms with Crippen LogP contribution in [-0.4, -0.2) is 56.0 Å². The minimum atomic E-state index is -1.30. The van der Waals surface area contributed by atoms with Crippen LogP contribution in [0.25, 0.3) is 11.1 Å². The number of oxazole rings is 1. The van der Waals surface area contributed by atoms with Crippen LogP contribution in [0.2, 0.25) is 0 Å². The van der Waals surface area contributed by atoms with Gasteiger partial charge in [-0.25, -0.2) is 4.98 Å². The highest BCUT2D eigenvalue weighted by atomic mass is 16.6. The van der Waals surface area contributed by atoms with Gasteiger partial charge < -0.3 is 29.2 Å². The highest BCUT2D eigenvalue weighted by Crippen LogP contribution is 2.47. The summed E-state index contributed by atoms with van der Waals surface area (Å²) >= 11 is 0. The summed E-state index contributed by atoms with van der Waals surface area (Å²) in [4.78, 5) is 31.2. The molecule has 3 N–H and O–H groups in total. The van der Waals surface area contributed by atoms with Crippen molar-refractivity contribution in [1.82, 2.24) is 4.98 Å². The van der Waals surface area contributed by atoms with Crippen molar-refractivity contribution >= 4 is 22.9 Å². The first kappa shape index (κ1) is 30.4. The van der Waals surface area contributed by atoms with Crippen molar-refractivity contribution in [3.63, 3.8) is 0 Å². The van der Waals surface area contributed by atoms with Crippen LogP contribution in [0.15, 0.2) is 35.3 Å². The quantitative estimate of drug-likeness (QED) is 0.274. The number of hydrogen-bond donors (Lipinski definition) is 3. The van der Waals surface area contributed by atoms with Crippen molar-refractivity contribution in [3.05, 3.63) is 42.3 Å². The molecule has 9 heteroatoms. The predicted molar refractivity (Wildman–Crippen MR) is 148 cm³/mol. The number of nitrogens with zero attached hydrogens (tertiary/aromatic N) is 1. The maximum atomic E-state index is 13.7. The zero-order valence-corrected chi connectivity index (χ0v) is 24.0. The summed E-state index contributed by atoms with van der Waals surface area (Å²) in [6.45, 7) is 10.7. The van der Waals surface area contributed by atoms with Gasteiger partial charge in [-0.15, -0.1) is 6.58 Å². The van der Waals surface area contributed by atoms with Crippen LogP contribution < -0.4 is 0 Å². The van der Waals surface area contributed by atoms with Crippen molar-refractivity contribution in [2.24, 2.45) is 17.3 Å². The maximum absolute atomic E-state index is 13.7. The summed E-state index contributed by atoms with van der Waals surface area (Å²) in [5.74, 6) is -1.53. The first-order chi connectivity index (χ1) is 18.9. The number of aliphatic hydroxyl groups is 3. The number of aliphatic hydroxyl groups excluding tert-OH is 3. The number of benzene rings is 1. The zero-order valence-electron chi connectivity index (χ0n) is 24.0. The Bertz CT molecular complexity index is 1220. The number of aromatic nitrogens is 1. The van der Waals surface area contributed by atoms with Gasteiger partial charge in [0.05, 0.1) is 35.7 Å². The van der Waals surface area contributed by atoms with Gasteiger partial charge in [-0.1, -0.05) is 39.3 Å². The van der Waals surface area contributed by atoms with E-state index in [0.29, 0.717) is 35.9 Å². The van der Waals surface area contributed by atoms with Crippen LogP contribution >= 0.6 is 0 Å². The van der Waals surface area contributed by atoms with E-state index in [0.717, 1.165) is 19.3 Å². The molecule has 3 heterocycles. The molecule has 2 saturated heterocycles. The Kier molecular flexibility index (Phi) is 9.19. The minimum Gasteiger partial charge on any atom is -0.457 e. The SMILES string of the molecule is C=CCCC1C(=O)C(C)(C)[C@@H](O)CC(=O)O[C@H](c2ccc3oc(CO)nc3c2)C[C@@H]2O[C@]2(C)CCC[C@H](C)C1O. The minimum absolute atomic E-state index is 0.129. The highest BCUT2D eigenvalue weighted by molar-refractivity contribution is 5.88. The van der Waals surface area contributed by atoms with Crippen LogP contribution in [0.5, 0.6) is 0 Å². The Balaban J connectivity index is 1.63. The Morgan fingerprint density at radius 3 is 2.65 bits per heavy atom. The number of epoxide rings is 1. The van der Waals surface area contributed by atoms with Crippen molar-refractivity contribution in [2.75, 3.05) is 0 Å². The van der Waals surface area contributed by atoms with Crippen LogP contribution in [0.3, 0.4) is 0 Å². The highest BCUT2D eigenvalue weighted by Gasteiger charge is 2.53. The summed E-state index contributed by atoms with van der Waals surface area (Å²) in [6.07, 6.45) is 2.05. The van der Waals surface area contributed by atoms with E-state index in [1.807, 2.05) is 13.8 Å². The second-order valence-electron chi connectivity index (χ2n) is 12.3. The van der Waals surface area contributed by atoms with Crippen molar-refractivity contribution in [2.45, 2.75) is 109 Å². The van der Waals surface area contributed by atoms with E-state index in [4.69, 9.17) is 13.9 Å². The van der Waals surface area contributed by atoms with E-state index in [2.05, 4.69) is 11.6 Å². The Labute approximate surface area is 235 Å². The molecule has 2 aliphatic rings. The lowest BCUT2D eigenvalue weighted by Gasteiger charge is -2.36. The smallest absolute Gasteiger partial charge is 0.309 e. The van der Waals surface area contributed by atoms with Gasteiger partial charge in [-0.2, -0.15) is 0 Å². The number of hydrogen-bond acceptors (Lipinski definition) is 9. The van der Waals surface area contributed by atoms with E-state index >= 15 is 0 Å². The normalized spacial score (nSPS) is 33.8. The predicted octanol–water partition coefficient (Wildman–Crippen LogP) is 4.56. The van der Waals surface area contributed by atoms with E-state index in [1.165, 1.54) is 0 Å². The van der Waals surface area contributed by atoms with Gasteiger partial charge in [0.25, 0.3) is 0 Å². The second-order valence-corrected chi connectivity index (χ2v) is 12.3. The molecule has 7 atom stereocenters. The summed E-state index contributed by atoms with van der Waals surface area (Å²) in [5.41, 5.74) is 0.0839. The fourth-order valence-corrected chi connectivity index (χ4v) is 5.87. The van der Waals surface area contributed by atoms with Gasteiger partial charge >= 0.3 is 5.97 Å². The van der Waals surface area contributed by atoms with Gasteiger partial charge in [-0.05, 0) is 56.2 Å².